The summed E-state index contributed by atoms with van der Waals surface area (Å²) in [4.78, 5) is 24.9. The van der Waals surface area contributed by atoms with Gasteiger partial charge in [0.15, 0.2) is 0 Å². The summed E-state index contributed by atoms with van der Waals surface area (Å²) in [7, 11) is 0. The number of benzene rings is 1. The summed E-state index contributed by atoms with van der Waals surface area (Å²) >= 11 is 0. The van der Waals surface area contributed by atoms with Crippen molar-refractivity contribution in [2.45, 2.75) is 58.3 Å². The Balaban J connectivity index is 1.79. The maximum Gasteiger partial charge on any atom is 0.336 e. The second-order valence-corrected chi connectivity index (χ2v) is 7.30. The highest BCUT2D eigenvalue weighted by Gasteiger charge is 2.33. The predicted octanol–water partition coefficient (Wildman–Crippen LogP) is 4.00. The molecule has 3 rings (SSSR count). The van der Waals surface area contributed by atoms with Crippen LogP contribution in [0.1, 0.15) is 62.5 Å². The van der Waals surface area contributed by atoms with E-state index in [2.05, 4.69) is 5.32 Å². The molecular weight excluding hydrogens is 314 g/mol. The largest absolute Gasteiger partial charge is 0.462 e. The van der Waals surface area contributed by atoms with Gasteiger partial charge in [-0.05, 0) is 43.7 Å². The van der Waals surface area contributed by atoms with E-state index < -0.39 is 0 Å². The first-order valence-electron chi connectivity index (χ1n) is 9.29. The summed E-state index contributed by atoms with van der Waals surface area (Å²) in [6.07, 6.45) is 6.32. The Morgan fingerprint density at radius 1 is 1.16 bits per heavy atom. The molecule has 4 nitrogen and oxygen atoms in total. The number of rotatable bonds is 4. The van der Waals surface area contributed by atoms with Crippen molar-refractivity contribution in [1.29, 1.82) is 0 Å². The molecule has 1 saturated carbocycles. The lowest BCUT2D eigenvalue weighted by Gasteiger charge is -2.28. The van der Waals surface area contributed by atoms with Crippen molar-refractivity contribution in [1.82, 2.24) is 5.32 Å². The Hall–Kier alpha value is -2.10. The number of carbonyl (C=O) groups excluding carboxylic acids is 2. The van der Waals surface area contributed by atoms with Crippen LogP contribution in [0.15, 0.2) is 35.5 Å². The lowest BCUT2D eigenvalue weighted by molar-refractivity contribution is -0.141. The van der Waals surface area contributed by atoms with Crippen molar-refractivity contribution in [2.75, 3.05) is 6.61 Å². The van der Waals surface area contributed by atoms with Gasteiger partial charge in [-0.2, -0.15) is 0 Å². The average Bonchev–Trinajstić information content (AvgIpc) is 2.60. The highest BCUT2D eigenvalue weighted by molar-refractivity contribution is 5.95. The zero-order chi connectivity index (χ0) is 17.8. The number of allylic oxidation sites excluding steroid dienone is 1. The fraction of sp³-hybridized carbons (Fsp3) is 0.524. The molecule has 1 atom stereocenters. The monoisotopic (exact) mass is 341 g/mol. The first-order chi connectivity index (χ1) is 12.1. The second kappa shape index (κ2) is 7.85. The van der Waals surface area contributed by atoms with Crippen LogP contribution in [0.2, 0.25) is 0 Å². The van der Waals surface area contributed by atoms with Gasteiger partial charge in [0.05, 0.1) is 12.2 Å². The van der Waals surface area contributed by atoms with Gasteiger partial charge in [-0.1, -0.05) is 43.5 Å². The van der Waals surface area contributed by atoms with Crippen LogP contribution in [0.5, 0.6) is 0 Å². The van der Waals surface area contributed by atoms with Crippen LogP contribution >= 0.6 is 0 Å². The fourth-order valence-electron chi connectivity index (χ4n) is 4.04. The molecule has 1 aliphatic carbocycles. The minimum atomic E-state index is -0.281. The van der Waals surface area contributed by atoms with Crippen LogP contribution in [0.3, 0.4) is 0 Å². The molecule has 1 aromatic carbocycles. The van der Waals surface area contributed by atoms with Crippen molar-refractivity contribution < 1.29 is 14.3 Å². The molecule has 25 heavy (non-hydrogen) atoms. The first-order valence-corrected chi connectivity index (χ1v) is 9.29. The number of amides is 1. The molecule has 0 spiro atoms. The lowest BCUT2D eigenvalue weighted by Crippen LogP contribution is -2.34. The molecular formula is C21H27NO3. The molecule has 1 unspecified atom stereocenters. The molecule has 134 valence electrons. The zero-order valence-electron chi connectivity index (χ0n) is 15.1. The van der Waals surface area contributed by atoms with E-state index in [4.69, 9.17) is 4.74 Å². The summed E-state index contributed by atoms with van der Waals surface area (Å²) in [5.41, 5.74) is 3.34. The van der Waals surface area contributed by atoms with Crippen LogP contribution in [0.4, 0.5) is 0 Å². The van der Waals surface area contributed by atoms with Crippen molar-refractivity contribution in [2.24, 2.45) is 5.92 Å². The van der Waals surface area contributed by atoms with Gasteiger partial charge < -0.3 is 10.1 Å². The summed E-state index contributed by atoms with van der Waals surface area (Å²) in [6.45, 7) is 4.30. The van der Waals surface area contributed by atoms with E-state index in [1.165, 1.54) is 19.3 Å². The Bertz CT molecular complexity index is 686. The van der Waals surface area contributed by atoms with Crippen LogP contribution in [-0.2, 0) is 14.3 Å². The quantitative estimate of drug-likeness (QED) is 0.842. The van der Waals surface area contributed by atoms with Gasteiger partial charge in [-0.25, -0.2) is 4.79 Å². The number of aryl methyl sites for hydroxylation is 1. The molecule has 1 amide bonds. The topological polar surface area (TPSA) is 55.4 Å². The molecule has 0 saturated heterocycles. The predicted molar refractivity (Wildman–Crippen MR) is 96.9 cm³/mol. The SMILES string of the molecule is CC1=C(C(=O)OCC2CCCCC2)C(c2ccccc2C)CC(=O)N1. The van der Waals surface area contributed by atoms with Gasteiger partial charge in [-0.3, -0.25) is 4.79 Å². The van der Waals surface area contributed by atoms with Crippen LogP contribution < -0.4 is 5.32 Å². The van der Waals surface area contributed by atoms with Gasteiger partial charge >= 0.3 is 5.97 Å². The normalized spacial score (nSPS) is 21.8. The minimum absolute atomic E-state index is 0.0467. The Kier molecular flexibility index (Phi) is 5.57. The molecule has 0 radical (unpaired) electrons. The van der Waals surface area contributed by atoms with Crippen LogP contribution in [0.25, 0.3) is 0 Å². The number of nitrogens with one attached hydrogen (secondary N) is 1. The van der Waals surface area contributed by atoms with Crippen molar-refractivity contribution in [3.05, 3.63) is 46.7 Å². The summed E-state index contributed by atoms with van der Waals surface area (Å²) in [5, 5.41) is 2.81. The molecule has 1 aliphatic heterocycles. The smallest absolute Gasteiger partial charge is 0.336 e. The summed E-state index contributed by atoms with van der Waals surface area (Å²) in [5.74, 6) is -0.0755. The molecule has 1 heterocycles. The van der Waals surface area contributed by atoms with E-state index in [0.717, 1.165) is 24.0 Å². The summed E-state index contributed by atoms with van der Waals surface area (Å²) in [6, 6.07) is 7.94. The average molecular weight is 341 g/mol. The van der Waals surface area contributed by atoms with E-state index in [0.29, 0.717) is 23.8 Å². The van der Waals surface area contributed by atoms with E-state index in [1.54, 1.807) is 6.92 Å². The molecule has 4 heteroatoms. The van der Waals surface area contributed by atoms with Gasteiger partial charge in [0, 0.05) is 18.0 Å². The number of esters is 1. The van der Waals surface area contributed by atoms with E-state index in [9.17, 15) is 9.59 Å². The van der Waals surface area contributed by atoms with E-state index in [-0.39, 0.29) is 24.2 Å². The first kappa shape index (κ1) is 17.7. The zero-order valence-corrected chi connectivity index (χ0v) is 15.1. The lowest BCUT2D eigenvalue weighted by atomic mass is 9.82. The molecule has 0 bridgehead atoms. The third kappa shape index (κ3) is 4.12. The standard InChI is InChI=1S/C21H27NO3/c1-14-8-6-7-11-17(14)18-12-19(23)22-15(2)20(18)21(24)25-13-16-9-4-3-5-10-16/h6-8,11,16,18H,3-5,9-10,12-13H2,1-2H3,(H,22,23). The molecule has 1 aromatic rings. The highest BCUT2D eigenvalue weighted by Crippen LogP contribution is 2.35. The molecule has 2 aliphatic rings. The van der Waals surface area contributed by atoms with Crippen LogP contribution in [-0.4, -0.2) is 18.5 Å². The van der Waals surface area contributed by atoms with Crippen molar-refractivity contribution >= 4 is 11.9 Å². The maximum absolute atomic E-state index is 12.8. The Morgan fingerprint density at radius 3 is 2.60 bits per heavy atom. The minimum Gasteiger partial charge on any atom is -0.462 e. The maximum atomic E-state index is 12.8. The van der Waals surface area contributed by atoms with Gasteiger partial charge in [0.25, 0.3) is 0 Å². The van der Waals surface area contributed by atoms with Crippen LogP contribution in [0, 0.1) is 12.8 Å². The van der Waals surface area contributed by atoms with Crippen molar-refractivity contribution in [3.63, 3.8) is 0 Å². The van der Waals surface area contributed by atoms with Crippen molar-refractivity contribution in [3.8, 4) is 0 Å². The Morgan fingerprint density at radius 2 is 1.88 bits per heavy atom. The molecule has 0 aromatic heterocycles. The fourth-order valence-corrected chi connectivity index (χ4v) is 4.04. The number of hydrogen-bond donors (Lipinski definition) is 1. The van der Waals surface area contributed by atoms with E-state index >= 15 is 0 Å². The number of ether oxygens (including phenoxy) is 1. The second-order valence-electron chi connectivity index (χ2n) is 7.30. The number of hydrogen-bond acceptors (Lipinski definition) is 3. The Labute approximate surface area is 149 Å². The third-order valence-corrected chi connectivity index (χ3v) is 5.43. The summed E-state index contributed by atoms with van der Waals surface area (Å²) < 4.78 is 5.67. The molecule has 1 N–H and O–H groups in total. The number of carbonyl (C=O) groups is 2. The van der Waals surface area contributed by atoms with Gasteiger partial charge in [0.2, 0.25) is 5.91 Å². The van der Waals surface area contributed by atoms with Gasteiger partial charge in [-0.15, -0.1) is 0 Å². The highest BCUT2D eigenvalue weighted by atomic mass is 16.5. The van der Waals surface area contributed by atoms with Gasteiger partial charge in [0.1, 0.15) is 0 Å². The van der Waals surface area contributed by atoms with E-state index in [1.807, 2.05) is 31.2 Å². The third-order valence-electron chi connectivity index (χ3n) is 5.43. The molecule has 1 fully saturated rings.